The smallest absolute Gasteiger partial charge is 0.410 e. The summed E-state index contributed by atoms with van der Waals surface area (Å²) in [5.74, 6) is -1.08. The first kappa shape index (κ1) is 18.2. The summed E-state index contributed by atoms with van der Waals surface area (Å²) < 4.78 is 11.5. The summed E-state index contributed by atoms with van der Waals surface area (Å²) in [6.45, 7) is 0.757. The third-order valence-electron chi connectivity index (χ3n) is 6.54. The highest BCUT2D eigenvalue weighted by Gasteiger charge is 2.55. The van der Waals surface area contributed by atoms with Gasteiger partial charge in [0.2, 0.25) is 0 Å². The van der Waals surface area contributed by atoms with E-state index in [-0.39, 0.29) is 19.1 Å². The van der Waals surface area contributed by atoms with Crippen molar-refractivity contribution in [3.8, 4) is 11.1 Å². The van der Waals surface area contributed by atoms with Gasteiger partial charge in [-0.1, -0.05) is 48.5 Å². The van der Waals surface area contributed by atoms with Gasteiger partial charge in [0.25, 0.3) is 0 Å². The molecule has 1 saturated carbocycles. The molecule has 2 fully saturated rings. The molecule has 0 radical (unpaired) electrons. The predicted octanol–water partition coefficient (Wildman–Crippen LogP) is 3.64. The summed E-state index contributed by atoms with van der Waals surface area (Å²) in [6.07, 6.45) is 1.67. The first-order chi connectivity index (χ1) is 14.1. The van der Waals surface area contributed by atoms with E-state index < -0.39 is 23.7 Å². The van der Waals surface area contributed by atoms with E-state index in [2.05, 4.69) is 24.3 Å². The summed E-state index contributed by atoms with van der Waals surface area (Å²) in [7, 11) is 0. The summed E-state index contributed by atoms with van der Waals surface area (Å²) >= 11 is 0. The SMILES string of the molecule is O=C(O)C1N(C(=O)OCC2c3ccccc3-c3ccccc32)CCOC12CCC2. The van der Waals surface area contributed by atoms with Crippen molar-refractivity contribution in [3.05, 3.63) is 59.7 Å². The Balaban J connectivity index is 1.36. The first-order valence-electron chi connectivity index (χ1n) is 10.1. The summed E-state index contributed by atoms with van der Waals surface area (Å²) in [5, 5.41) is 9.77. The Bertz CT molecular complexity index is 922. The molecule has 6 heteroatoms. The van der Waals surface area contributed by atoms with E-state index in [1.54, 1.807) is 0 Å². The molecule has 1 spiro atoms. The maximum absolute atomic E-state index is 12.9. The molecule has 2 aromatic carbocycles. The van der Waals surface area contributed by atoms with E-state index in [0.717, 1.165) is 28.7 Å². The van der Waals surface area contributed by atoms with Crippen LogP contribution < -0.4 is 0 Å². The van der Waals surface area contributed by atoms with Crippen molar-refractivity contribution in [3.63, 3.8) is 0 Å². The van der Waals surface area contributed by atoms with Gasteiger partial charge in [0, 0.05) is 12.5 Å². The Labute approximate surface area is 169 Å². The molecule has 1 amide bonds. The van der Waals surface area contributed by atoms with E-state index in [4.69, 9.17) is 9.47 Å². The number of carbonyl (C=O) groups is 2. The number of morpholine rings is 1. The zero-order valence-corrected chi connectivity index (χ0v) is 16.0. The molecular weight excluding hydrogens is 370 g/mol. The molecule has 29 heavy (non-hydrogen) atoms. The van der Waals surface area contributed by atoms with Gasteiger partial charge in [-0.15, -0.1) is 0 Å². The average molecular weight is 393 g/mol. The number of nitrogens with zero attached hydrogens (tertiary/aromatic N) is 1. The third-order valence-corrected chi connectivity index (χ3v) is 6.54. The van der Waals surface area contributed by atoms with Gasteiger partial charge in [-0.25, -0.2) is 9.59 Å². The maximum Gasteiger partial charge on any atom is 0.410 e. The molecule has 150 valence electrons. The standard InChI is InChI=1S/C23H23NO5/c25-21(26)20-23(10-5-11-23)29-13-12-24(20)22(27)28-14-19-17-8-3-1-6-15(17)16-7-2-4-9-18(16)19/h1-4,6-9,19-20H,5,10-14H2,(H,25,26). The average Bonchev–Trinajstić information content (AvgIpc) is 3.04. The molecule has 1 saturated heterocycles. The molecule has 2 aromatic rings. The molecule has 5 rings (SSSR count). The van der Waals surface area contributed by atoms with Crippen LogP contribution in [0.15, 0.2) is 48.5 Å². The van der Waals surface area contributed by atoms with Gasteiger partial charge in [0.15, 0.2) is 6.04 Å². The van der Waals surface area contributed by atoms with Crippen LogP contribution in [0, 0.1) is 0 Å². The van der Waals surface area contributed by atoms with Crippen LogP contribution in [-0.4, -0.2) is 53.5 Å². The lowest BCUT2D eigenvalue weighted by atomic mass is 9.73. The first-order valence-corrected chi connectivity index (χ1v) is 10.1. The van der Waals surface area contributed by atoms with Gasteiger partial charge in [-0.05, 0) is 41.5 Å². The van der Waals surface area contributed by atoms with Gasteiger partial charge in [-0.3, -0.25) is 4.90 Å². The Morgan fingerprint density at radius 1 is 1.07 bits per heavy atom. The molecule has 0 aromatic heterocycles. The number of fused-ring (bicyclic) bond motifs is 3. The van der Waals surface area contributed by atoms with Crippen molar-refractivity contribution in [2.45, 2.75) is 36.8 Å². The molecule has 1 heterocycles. The molecule has 1 aliphatic heterocycles. The number of aliphatic carboxylic acids is 1. The van der Waals surface area contributed by atoms with Gasteiger partial charge in [0.1, 0.15) is 6.61 Å². The van der Waals surface area contributed by atoms with E-state index in [0.29, 0.717) is 19.4 Å². The van der Waals surface area contributed by atoms with Crippen molar-refractivity contribution in [1.82, 2.24) is 4.90 Å². The van der Waals surface area contributed by atoms with Crippen molar-refractivity contribution in [2.75, 3.05) is 19.8 Å². The summed E-state index contributed by atoms with van der Waals surface area (Å²) in [6, 6.07) is 15.3. The lowest BCUT2D eigenvalue weighted by molar-refractivity contribution is -0.196. The number of amides is 1. The zero-order chi connectivity index (χ0) is 20.0. The van der Waals surface area contributed by atoms with E-state index >= 15 is 0 Å². The molecule has 0 bridgehead atoms. The number of hydrogen-bond donors (Lipinski definition) is 1. The number of carbonyl (C=O) groups excluding carboxylic acids is 1. The van der Waals surface area contributed by atoms with Crippen LogP contribution in [0.1, 0.15) is 36.3 Å². The lowest BCUT2D eigenvalue weighted by Gasteiger charge is -2.51. The largest absolute Gasteiger partial charge is 0.480 e. The Hall–Kier alpha value is -2.86. The number of benzene rings is 2. The van der Waals surface area contributed by atoms with Crippen LogP contribution in [-0.2, 0) is 14.3 Å². The van der Waals surface area contributed by atoms with Crippen molar-refractivity contribution in [2.24, 2.45) is 0 Å². The minimum atomic E-state index is -1.03. The van der Waals surface area contributed by atoms with Crippen LogP contribution >= 0.6 is 0 Å². The van der Waals surface area contributed by atoms with Gasteiger partial charge >= 0.3 is 12.1 Å². The lowest BCUT2D eigenvalue weighted by Crippen LogP contribution is -2.67. The Morgan fingerprint density at radius 2 is 1.69 bits per heavy atom. The molecule has 6 nitrogen and oxygen atoms in total. The van der Waals surface area contributed by atoms with Gasteiger partial charge in [0.05, 0.1) is 12.2 Å². The van der Waals surface area contributed by atoms with Crippen LogP contribution in [0.2, 0.25) is 0 Å². The second kappa shape index (κ2) is 6.88. The molecule has 3 aliphatic rings. The minimum absolute atomic E-state index is 0.0478. The molecular formula is C23H23NO5. The monoisotopic (exact) mass is 393 g/mol. The fourth-order valence-corrected chi connectivity index (χ4v) is 5.01. The second-order valence-corrected chi connectivity index (χ2v) is 8.00. The number of carboxylic acids is 1. The summed E-state index contributed by atoms with van der Waals surface area (Å²) in [5.41, 5.74) is 3.83. The highest BCUT2D eigenvalue weighted by atomic mass is 16.6. The fraction of sp³-hybridized carbons (Fsp3) is 0.391. The number of rotatable bonds is 3. The normalized spacial score (nSPS) is 21.9. The van der Waals surface area contributed by atoms with Crippen molar-refractivity contribution in [1.29, 1.82) is 0 Å². The molecule has 1 unspecified atom stereocenters. The number of ether oxygens (including phenoxy) is 2. The fourth-order valence-electron chi connectivity index (χ4n) is 5.01. The Kier molecular flexibility index (Phi) is 4.32. The molecule has 1 atom stereocenters. The molecule has 1 N–H and O–H groups in total. The van der Waals surface area contributed by atoms with E-state index in [1.165, 1.54) is 4.90 Å². The maximum atomic E-state index is 12.9. The highest BCUT2D eigenvalue weighted by Crippen LogP contribution is 2.45. The van der Waals surface area contributed by atoms with Crippen LogP contribution in [0.5, 0.6) is 0 Å². The van der Waals surface area contributed by atoms with Gasteiger partial charge < -0.3 is 14.6 Å². The predicted molar refractivity (Wildman–Crippen MR) is 106 cm³/mol. The summed E-state index contributed by atoms with van der Waals surface area (Å²) in [4.78, 5) is 26.2. The van der Waals surface area contributed by atoms with Crippen molar-refractivity contribution < 1.29 is 24.2 Å². The number of hydrogen-bond acceptors (Lipinski definition) is 4. The minimum Gasteiger partial charge on any atom is -0.480 e. The highest BCUT2D eigenvalue weighted by molar-refractivity contribution is 5.82. The molecule has 2 aliphatic carbocycles. The van der Waals surface area contributed by atoms with Crippen molar-refractivity contribution >= 4 is 12.1 Å². The quantitative estimate of drug-likeness (QED) is 0.862. The number of carboxylic acid groups (broad SMARTS) is 1. The van der Waals surface area contributed by atoms with Crippen LogP contribution in [0.25, 0.3) is 11.1 Å². The van der Waals surface area contributed by atoms with E-state index in [9.17, 15) is 14.7 Å². The van der Waals surface area contributed by atoms with Crippen LogP contribution in [0.4, 0.5) is 4.79 Å². The zero-order valence-electron chi connectivity index (χ0n) is 16.0. The topological polar surface area (TPSA) is 76.1 Å². The third kappa shape index (κ3) is 2.82. The Morgan fingerprint density at radius 3 is 2.24 bits per heavy atom. The second-order valence-electron chi connectivity index (χ2n) is 8.00. The van der Waals surface area contributed by atoms with Crippen LogP contribution in [0.3, 0.4) is 0 Å². The van der Waals surface area contributed by atoms with E-state index in [1.807, 2.05) is 24.3 Å². The van der Waals surface area contributed by atoms with Gasteiger partial charge in [-0.2, -0.15) is 0 Å².